The maximum atomic E-state index is 14.7. The number of amides is 1. The van der Waals surface area contributed by atoms with Crippen LogP contribution in [0.1, 0.15) is 20.8 Å². The molecular formula is C19H28FN5O3Si. The summed E-state index contributed by atoms with van der Waals surface area (Å²) in [7, 11) is -1.84. The second kappa shape index (κ2) is 7.85. The third-order valence-corrected chi connectivity index (χ3v) is 10.5. The number of anilines is 2. The van der Waals surface area contributed by atoms with Gasteiger partial charge in [0, 0.05) is 18.0 Å². The van der Waals surface area contributed by atoms with Gasteiger partial charge in [0.25, 0.3) is 0 Å². The molecule has 0 aliphatic carbocycles. The van der Waals surface area contributed by atoms with Gasteiger partial charge in [-0.3, -0.25) is 4.90 Å². The number of nitrogens with zero attached hydrogens (tertiary/aromatic N) is 5. The molecule has 2 aliphatic heterocycles. The molecule has 2 saturated heterocycles. The van der Waals surface area contributed by atoms with Gasteiger partial charge in [0.15, 0.2) is 8.32 Å². The molecule has 158 valence electrons. The van der Waals surface area contributed by atoms with E-state index in [1.807, 2.05) is 4.90 Å². The Hall–Kier alpha value is -2.29. The summed E-state index contributed by atoms with van der Waals surface area (Å²) in [6.07, 6.45) is -0.975. The van der Waals surface area contributed by atoms with Crippen LogP contribution in [0, 0.1) is 5.82 Å². The van der Waals surface area contributed by atoms with Gasteiger partial charge >= 0.3 is 6.09 Å². The van der Waals surface area contributed by atoms with Crippen LogP contribution < -0.4 is 9.80 Å². The number of hydrogen-bond donors (Lipinski definition) is 0. The molecule has 1 aromatic carbocycles. The summed E-state index contributed by atoms with van der Waals surface area (Å²) in [5.41, 5.74) is 9.31. The molecule has 3 rings (SSSR count). The van der Waals surface area contributed by atoms with Crippen molar-refractivity contribution < 1.29 is 18.3 Å². The fourth-order valence-electron chi connectivity index (χ4n) is 3.18. The van der Waals surface area contributed by atoms with Crippen LogP contribution >= 0.6 is 0 Å². The first-order chi connectivity index (χ1) is 13.5. The molecule has 0 bridgehead atoms. The molecule has 8 nitrogen and oxygen atoms in total. The first-order valence-electron chi connectivity index (χ1n) is 9.73. The van der Waals surface area contributed by atoms with E-state index in [1.54, 1.807) is 12.1 Å². The number of benzene rings is 1. The molecule has 0 N–H and O–H groups in total. The number of hydrogen-bond acceptors (Lipinski definition) is 5. The van der Waals surface area contributed by atoms with Crippen molar-refractivity contribution >= 4 is 25.8 Å². The molecule has 1 atom stereocenters. The largest absolute Gasteiger partial charge is 0.444 e. The molecule has 0 unspecified atom stereocenters. The molecule has 0 spiro atoms. The topological polar surface area (TPSA) is 90.8 Å². The Morgan fingerprint density at radius 1 is 1.34 bits per heavy atom. The van der Waals surface area contributed by atoms with Crippen LogP contribution in [0.5, 0.6) is 0 Å². The van der Waals surface area contributed by atoms with Crippen LogP contribution in [-0.2, 0) is 9.16 Å². The van der Waals surface area contributed by atoms with Gasteiger partial charge in [-0.25, -0.2) is 9.18 Å². The van der Waals surface area contributed by atoms with Crippen molar-refractivity contribution in [3.63, 3.8) is 0 Å². The van der Waals surface area contributed by atoms with Gasteiger partial charge in [0.1, 0.15) is 11.9 Å². The predicted molar refractivity (Wildman–Crippen MR) is 112 cm³/mol. The van der Waals surface area contributed by atoms with E-state index in [9.17, 15) is 9.18 Å². The van der Waals surface area contributed by atoms with Crippen molar-refractivity contribution in [1.82, 2.24) is 0 Å². The lowest BCUT2D eigenvalue weighted by molar-refractivity contribution is 0.145. The average molecular weight is 422 g/mol. The zero-order chi connectivity index (χ0) is 21.4. The van der Waals surface area contributed by atoms with E-state index >= 15 is 0 Å². The number of carbonyl (C=O) groups excluding carboxylic acids is 1. The number of ether oxygens (including phenoxy) is 1. The van der Waals surface area contributed by atoms with E-state index in [0.717, 1.165) is 0 Å². The molecule has 1 aromatic rings. The minimum Gasteiger partial charge on any atom is -0.444 e. The molecule has 2 aliphatic rings. The highest BCUT2D eigenvalue weighted by Crippen LogP contribution is 2.39. The van der Waals surface area contributed by atoms with E-state index in [4.69, 9.17) is 14.7 Å². The fraction of sp³-hybridized carbons (Fsp3) is 0.632. The van der Waals surface area contributed by atoms with Gasteiger partial charge in [-0.15, -0.1) is 0 Å². The van der Waals surface area contributed by atoms with Crippen molar-refractivity contribution in [3.8, 4) is 0 Å². The molecule has 0 saturated carbocycles. The fourth-order valence-corrected chi connectivity index (χ4v) is 4.51. The van der Waals surface area contributed by atoms with Crippen LogP contribution in [0.15, 0.2) is 23.3 Å². The molecule has 29 heavy (non-hydrogen) atoms. The van der Waals surface area contributed by atoms with E-state index in [-0.39, 0.29) is 30.0 Å². The minimum atomic E-state index is -1.84. The monoisotopic (exact) mass is 421 g/mol. The lowest BCUT2D eigenvalue weighted by atomic mass is 10.1. The summed E-state index contributed by atoms with van der Waals surface area (Å²) in [5, 5.41) is 3.56. The van der Waals surface area contributed by atoms with Crippen molar-refractivity contribution in [3.05, 3.63) is 34.5 Å². The summed E-state index contributed by atoms with van der Waals surface area (Å²) in [4.78, 5) is 18.0. The van der Waals surface area contributed by atoms with Crippen molar-refractivity contribution in [2.75, 3.05) is 36.0 Å². The van der Waals surface area contributed by atoms with E-state index in [1.165, 1.54) is 11.0 Å². The Labute approximate surface area is 171 Å². The molecule has 2 fully saturated rings. The molecule has 10 heteroatoms. The number of azide groups is 1. The molecule has 2 heterocycles. The smallest absolute Gasteiger partial charge is 0.414 e. The molecule has 1 amide bonds. The first-order valence-corrected chi connectivity index (χ1v) is 12.6. The molecule has 0 radical (unpaired) electrons. The number of rotatable bonds is 6. The van der Waals surface area contributed by atoms with Crippen LogP contribution in [-0.4, -0.2) is 52.8 Å². The Bertz CT molecular complexity index is 832. The van der Waals surface area contributed by atoms with E-state index in [2.05, 4.69) is 43.9 Å². The minimum absolute atomic E-state index is 0.0582. The highest BCUT2D eigenvalue weighted by molar-refractivity contribution is 6.74. The SMILES string of the molecule is CC(C)(C)[Si](C)(C)OC1CN(c2ccc(N3C[C@H](CN=[N+]=[N-])OC3=O)cc2F)C1. The second-order valence-corrected chi connectivity index (χ2v) is 13.8. The summed E-state index contributed by atoms with van der Waals surface area (Å²) in [6, 6.07) is 4.73. The maximum absolute atomic E-state index is 14.7. The summed E-state index contributed by atoms with van der Waals surface area (Å²) >= 11 is 0. The van der Waals surface area contributed by atoms with Crippen molar-refractivity contribution in [1.29, 1.82) is 0 Å². The third-order valence-electron chi connectivity index (χ3n) is 5.92. The lowest BCUT2D eigenvalue weighted by Gasteiger charge is -2.47. The molecule has 0 aromatic heterocycles. The number of halogens is 1. The standard InChI is InChI=1S/C19H28FN5O3Si/c1-19(2,3)29(4,5)28-15-10-24(11-15)17-7-6-13(8-16(17)20)25-12-14(9-22-23-21)27-18(25)26/h6-8,14-15H,9-12H2,1-5H3/t14-/m0/s1. The van der Waals surface area contributed by atoms with Crippen molar-refractivity contribution in [2.24, 2.45) is 5.11 Å². The highest BCUT2D eigenvalue weighted by Gasteiger charge is 2.42. The number of carbonyl (C=O) groups is 1. The van der Waals surface area contributed by atoms with Gasteiger partial charge in [-0.1, -0.05) is 25.9 Å². The Morgan fingerprint density at radius 3 is 2.62 bits per heavy atom. The first kappa shape index (κ1) is 21.4. The summed E-state index contributed by atoms with van der Waals surface area (Å²) < 4.78 is 26.2. The van der Waals surface area contributed by atoms with Gasteiger partial charge in [0.2, 0.25) is 0 Å². The van der Waals surface area contributed by atoms with Crippen LogP contribution in [0.2, 0.25) is 18.1 Å². The zero-order valence-corrected chi connectivity index (χ0v) is 18.6. The van der Waals surface area contributed by atoms with Gasteiger partial charge < -0.3 is 14.1 Å². The van der Waals surface area contributed by atoms with Gasteiger partial charge in [0.05, 0.1) is 30.6 Å². The van der Waals surface area contributed by atoms with Crippen molar-refractivity contribution in [2.45, 2.75) is 51.1 Å². The predicted octanol–water partition coefficient (Wildman–Crippen LogP) is 4.67. The zero-order valence-electron chi connectivity index (χ0n) is 17.6. The number of cyclic esters (lactones) is 1. The van der Waals surface area contributed by atoms with Crippen LogP contribution in [0.3, 0.4) is 0 Å². The van der Waals surface area contributed by atoms with Crippen LogP contribution in [0.4, 0.5) is 20.6 Å². The summed E-state index contributed by atoms with van der Waals surface area (Å²) in [5.74, 6) is -0.389. The van der Waals surface area contributed by atoms with Gasteiger partial charge in [-0.2, -0.15) is 0 Å². The Morgan fingerprint density at radius 2 is 2.03 bits per heavy atom. The van der Waals surface area contributed by atoms with Gasteiger partial charge in [-0.05, 0) is 41.9 Å². The second-order valence-electron chi connectivity index (χ2n) is 9.07. The van der Waals surface area contributed by atoms with E-state index < -0.39 is 20.5 Å². The highest BCUT2D eigenvalue weighted by atomic mass is 28.4. The summed E-state index contributed by atoms with van der Waals surface area (Å²) in [6.45, 7) is 12.6. The average Bonchev–Trinajstić information content (AvgIpc) is 2.96. The quantitative estimate of drug-likeness (QED) is 0.289. The molecular weight excluding hydrogens is 393 g/mol. The Kier molecular flexibility index (Phi) is 5.80. The Balaban J connectivity index is 1.62. The lowest BCUT2D eigenvalue weighted by Crippen LogP contribution is -2.58. The van der Waals surface area contributed by atoms with E-state index in [0.29, 0.717) is 24.5 Å². The third kappa shape index (κ3) is 4.49. The van der Waals surface area contributed by atoms with Crippen LogP contribution in [0.25, 0.3) is 10.4 Å². The maximum Gasteiger partial charge on any atom is 0.414 e. The normalized spacial score (nSPS) is 20.3.